The maximum absolute atomic E-state index is 12.6. The van der Waals surface area contributed by atoms with Crippen LogP contribution in [0, 0.1) is 11.3 Å². The molecule has 2 saturated heterocycles. The molecule has 0 radical (unpaired) electrons. The average Bonchev–Trinajstić information content (AvgIpc) is 2.46. The lowest BCUT2D eigenvalue weighted by Crippen LogP contribution is -2.53. The number of nitrogens with zero attached hydrogens (tertiary/aromatic N) is 1. The largest absolute Gasteiger partial charge is 0.381 e. The van der Waals surface area contributed by atoms with Gasteiger partial charge in [0, 0.05) is 26.3 Å². The van der Waals surface area contributed by atoms with Crippen molar-refractivity contribution < 1.29 is 9.53 Å². The molecule has 2 heterocycles. The van der Waals surface area contributed by atoms with E-state index in [9.17, 15) is 4.79 Å². The van der Waals surface area contributed by atoms with Crippen molar-refractivity contribution in [3.8, 4) is 0 Å². The molecule has 19 heavy (non-hydrogen) atoms. The van der Waals surface area contributed by atoms with Crippen LogP contribution in [-0.2, 0) is 9.53 Å². The van der Waals surface area contributed by atoms with Gasteiger partial charge in [-0.05, 0) is 43.4 Å². The van der Waals surface area contributed by atoms with E-state index in [1.54, 1.807) is 0 Å². The molecule has 2 unspecified atom stereocenters. The molecule has 2 rings (SSSR count). The number of carbonyl (C=O) groups excluding carboxylic acids is 1. The number of hydrogen-bond donors (Lipinski definition) is 1. The maximum atomic E-state index is 12.6. The monoisotopic (exact) mass is 268 g/mol. The summed E-state index contributed by atoms with van der Waals surface area (Å²) in [6, 6.07) is -0.330. The summed E-state index contributed by atoms with van der Waals surface area (Å²) in [7, 11) is 0. The van der Waals surface area contributed by atoms with E-state index in [-0.39, 0.29) is 17.4 Å². The normalized spacial score (nSPS) is 31.2. The van der Waals surface area contributed by atoms with E-state index in [4.69, 9.17) is 10.5 Å². The number of amides is 1. The molecule has 0 aromatic heterocycles. The van der Waals surface area contributed by atoms with E-state index >= 15 is 0 Å². The van der Waals surface area contributed by atoms with E-state index in [1.165, 1.54) is 6.42 Å². The summed E-state index contributed by atoms with van der Waals surface area (Å²) >= 11 is 0. The van der Waals surface area contributed by atoms with Gasteiger partial charge in [0.25, 0.3) is 0 Å². The third-order valence-corrected chi connectivity index (χ3v) is 5.01. The topological polar surface area (TPSA) is 55.6 Å². The molecule has 0 bridgehead atoms. The third-order valence-electron chi connectivity index (χ3n) is 5.01. The summed E-state index contributed by atoms with van der Waals surface area (Å²) in [5.74, 6) is 0.460. The Kier molecular flexibility index (Phi) is 4.85. The lowest BCUT2D eigenvalue weighted by atomic mass is 9.79. The van der Waals surface area contributed by atoms with Crippen LogP contribution in [0.1, 0.15) is 46.0 Å². The van der Waals surface area contributed by atoms with Crippen LogP contribution >= 0.6 is 0 Å². The van der Waals surface area contributed by atoms with Crippen molar-refractivity contribution >= 4 is 5.91 Å². The first-order valence-corrected chi connectivity index (χ1v) is 7.68. The third kappa shape index (κ3) is 3.48. The smallest absolute Gasteiger partial charge is 0.239 e. The Bertz CT molecular complexity index is 315. The van der Waals surface area contributed by atoms with Crippen molar-refractivity contribution in [3.05, 3.63) is 0 Å². The molecule has 0 spiro atoms. The highest BCUT2D eigenvalue weighted by molar-refractivity contribution is 5.82. The number of nitrogens with two attached hydrogens (primary N) is 1. The molecule has 0 aromatic carbocycles. The van der Waals surface area contributed by atoms with Crippen LogP contribution in [0.25, 0.3) is 0 Å². The van der Waals surface area contributed by atoms with Gasteiger partial charge in [-0.1, -0.05) is 13.8 Å². The SMILES string of the molecule is CCC1(C)CCCN(C(=O)C(N)C2CCOCC2)C1. The standard InChI is InChI=1S/C15H28N2O2/c1-3-15(2)7-4-8-17(11-15)14(18)13(16)12-5-9-19-10-6-12/h12-13H,3-11,16H2,1-2H3. The predicted octanol–water partition coefficient (Wildman–Crippen LogP) is 1.78. The van der Waals surface area contributed by atoms with Crippen molar-refractivity contribution in [2.45, 2.75) is 52.0 Å². The Morgan fingerprint density at radius 1 is 1.47 bits per heavy atom. The highest BCUT2D eigenvalue weighted by atomic mass is 16.5. The quantitative estimate of drug-likeness (QED) is 0.849. The van der Waals surface area contributed by atoms with Gasteiger partial charge >= 0.3 is 0 Å². The Morgan fingerprint density at radius 3 is 2.79 bits per heavy atom. The summed E-state index contributed by atoms with van der Waals surface area (Å²) < 4.78 is 5.35. The summed E-state index contributed by atoms with van der Waals surface area (Å²) in [5, 5.41) is 0. The first-order chi connectivity index (χ1) is 9.06. The molecular formula is C15H28N2O2. The van der Waals surface area contributed by atoms with Gasteiger partial charge < -0.3 is 15.4 Å². The van der Waals surface area contributed by atoms with Crippen molar-refractivity contribution in [2.75, 3.05) is 26.3 Å². The van der Waals surface area contributed by atoms with Crippen LogP contribution < -0.4 is 5.73 Å². The Hall–Kier alpha value is -0.610. The van der Waals surface area contributed by atoms with Crippen molar-refractivity contribution in [1.29, 1.82) is 0 Å². The zero-order chi connectivity index (χ0) is 13.9. The summed E-state index contributed by atoms with van der Waals surface area (Å²) in [4.78, 5) is 14.6. The number of likely N-dealkylation sites (tertiary alicyclic amines) is 1. The van der Waals surface area contributed by atoms with Gasteiger partial charge in [0.15, 0.2) is 0 Å². The van der Waals surface area contributed by atoms with Gasteiger partial charge in [0.2, 0.25) is 5.91 Å². The number of carbonyl (C=O) groups is 1. The van der Waals surface area contributed by atoms with E-state index in [2.05, 4.69) is 13.8 Å². The van der Waals surface area contributed by atoms with Gasteiger partial charge in [0.05, 0.1) is 6.04 Å². The van der Waals surface area contributed by atoms with Gasteiger partial charge in [-0.3, -0.25) is 4.79 Å². The second-order valence-corrected chi connectivity index (χ2v) is 6.50. The Morgan fingerprint density at radius 2 is 2.16 bits per heavy atom. The summed E-state index contributed by atoms with van der Waals surface area (Å²) in [5.41, 5.74) is 6.49. The predicted molar refractivity (Wildman–Crippen MR) is 75.7 cm³/mol. The molecule has 4 heteroatoms. The molecule has 2 aliphatic heterocycles. The second kappa shape index (κ2) is 6.23. The fourth-order valence-corrected chi connectivity index (χ4v) is 3.28. The van der Waals surface area contributed by atoms with Crippen LogP contribution in [0.3, 0.4) is 0 Å². The van der Waals surface area contributed by atoms with Crippen LogP contribution in [-0.4, -0.2) is 43.2 Å². The van der Waals surface area contributed by atoms with Gasteiger partial charge in [-0.25, -0.2) is 0 Å². The molecule has 1 amide bonds. The lowest BCUT2D eigenvalue weighted by Gasteiger charge is -2.42. The number of ether oxygens (including phenoxy) is 1. The van der Waals surface area contributed by atoms with Crippen molar-refractivity contribution in [2.24, 2.45) is 17.1 Å². The second-order valence-electron chi connectivity index (χ2n) is 6.50. The van der Waals surface area contributed by atoms with Gasteiger partial charge in [-0.2, -0.15) is 0 Å². The van der Waals surface area contributed by atoms with Gasteiger partial charge in [-0.15, -0.1) is 0 Å². The van der Waals surface area contributed by atoms with E-state index in [0.717, 1.165) is 52.0 Å². The fraction of sp³-hybridized carbons (Fsp3) is 0.933. The number of hydrogen-bond acceptors (Lipinski definition) is 3. The van der Waals surface area contributed by atoms with Crippen LogP contribution in [0.5, 0.6) is 0 Å². The molecule has 2 atom stereocenters. The summed E-state index contributed by atoms with van der Waals surface area (Å²) in [6.45, 7) is 7.75. The van der Waals surface area contributed by atoms with Crippen LogP contribution in [0.15, 0.2) is 0 Å². The minimum atomic E-state index is -0.330. The molecule has 2 aliphatic rings. The molecule has 4 nitrogen and oxygen atoms in total. The summed E-state index contributed by atoms with van der Waals surface area (Å²) in [6.07, 6.45) is 5.30. The number of rotatable bonds is 3. The first-order valence-electron chi connectivity index (χ1n) is 7.68. The van der Waals surface area contributed by atoms with Crippen molar-refractivity contribution in [1.82, 2.24) is 4.90 Å². The van der Waals surface area contributed by atoms with Crippen LogP contribution in [0.4, 0.5) is 0 Å². The molecule has 110 valence electrons. The zero-order valence-electron chi connectivity index (χ0n) is 12.4. The molecule has 2 N–H and O–H groups in total. The van der Waals surface area contributed by atoms with Crippen LogP contribution in [0.2, 0.25) is 0 Å². The van der Waals surface area contributed by atoms with E-state index in [1.807, 2.05) is 4.90 Å². The zero-order valence-corrected chi connectivity index (χ0v) is 12.4. The fourth-order valence-electron chi connectivity index (χ4n) is 3.28. The minimum absolute atomic E-state index is 0.159. The highest BCUT2D eigenvalue weighted by Crippen LogP contribution is 2.33. The molecule has 0 aromatic rings. The van der Waals surface area contributed by atoms with E-state index in [0.29, 0.717) is 5.92 Å². The first kappa shape index (κ1) is 14.8. The minimum Gasteiger partial charge on any atom is -0.381 e. The lowest BCUT2D eigenvalue weighted by molar-refractivity contribution is -0.138. The molecule has 0 saturated carbocycles. The van der Waals surface area contributed by atoms with E-state index < -0.39 is 0 Å². The molecular weight excluding hydrogens is 240 g/mol. The average molecular weight is 268 g/mol. The number of piperidine rings is 1. The Balaban J connectivity index is 1.94. The molecule has 2 fully saturated rings. The highest BCUT2D eigenvalue weighted by Gasteiger charge is 2.35. The Labute approximate surface area is 116 Å². The van der Waals surface area contributed by atoms with Gasteiger partial charge in [0.1, 0.15) is 0 Å². The van der Waals surface area contributed by atoms with Crippen molar-refractivity contribution in [3.63, 3.8) is 0 Å². The molecule has 0 aliphatic carbocycles. The maximum Gasteiger partial charge on any atom is 0.239 e.